The lowest BCUT2D eigenvalue weighted by Crippen LogP contribution is -2.43. The van der Waals surface area contributed by atoms with Crippen molar-refractivity contribution in [2.75, 3.05) is 26.7 Å². The van der Waals surface area contributed by atoms with Gasteiger partial charge in [-0.15, -0.1) is 11.3 Å². The number of carbonyl (C=O) groups excluding carboxylic acids is 1. The van der Waals surface area contributed by atoms with Crippen LogP contribution >= 0.6 is 11.3 Å². The second kappa shape index (κ2) is 9.33. The Morgan fingerprint density at radius 3 is 2.61 bits per heavy atom. The van der Waals surface area contributed by atoms with Crippen molar-refractivity contribution in [1.82, 2.24) is 20.9 Å². The molecule has 1 aromatic heterocycles. The zero-order chi connectivity index (χ0) is 17.3. The molecular formula is C13H20F3N5OS. The van der Waals surface area contributed by atoms with E-state index >= 15 is 0 Å². The topological polar surface area (TPSA) is 78.4 Å². The first-order valence-electron chi connectivity index (χ1n) is 7.09. The number of rotatable bonds is 7. The summed E-state index contributed by atoms with van der Waals surface area (Å²) in [5.74, 6) is 0.258. The largest absolute Gasteiger partial charge is 0.434 e. The number of nitrogens with zero attached hydrogens (tertiary/aromatic N) is 2. The first kappa shape index (κ1) is 19.2. The molecule has 0 aliphatic carbocycles. The highest BCUT2D eigenvalue weighted by atomic mass is 32.1. The molecule has 0 radical (unpaired) electrons. The number of hydrogen-bond donors (Lipinski definition) is 3. The summed E-state index contributed by atoms with van der Waals surface area (Å²) in [7, 11) is 1.55. The fourth-order valence-electron chi connectivity index (χ4n) is 1.56. The standard InChI is InChI=1S/C13H20F3N5OS/c1-3-5-18-10(22)7-20-12(17-2)19-6-4-11-21-9(8-23-11)13(14,15)16/h8H,3-7H2,1-2H3,(H,18,22)(H2,17,19,20). The molecule has 10 heteroatoms. The number of halogens is 3. The zero-order valence-corrected chi connectivity index (χ0v) is 13.8. The van der Waals surface area contributed by atoms with E-state index in [0.717, 1.165) is 23.1 Å². The molecule has 0 atom stereocenters. The van der Waals surface area contributed by atoms with Gasteiger partial charge in [0.05, 0.1) is 11.6 Å². The molecule has 1 rings (SSSR count). The van der Waals surface area contributed by atoms with Gasteiger partial charge in [-0.25, -0.2) is 4.98 Å². The lowest BCUT2D eigenvalue weighted by atomic mass is 10.4. The molecule has 0 aliphatic heterocycles. The van der Waals surface area contributed by atoms with Crippen molar-refractivity contribution in [3.8, 4) is 0 Å². The number of amides is 1. The molecule has 3 N–H and O–H groups in total. The first-order valence-corrected chi connectivity index (χ1v) is 7.97. The number of aliphatic imine (C=N–C) groups is 1. The number of guanidine groups is 1. The van der Waals surface area contributed by atoms with Crippen molar-refractivity contribution in [3.05, 3.63) is 16.1 Å². The molecule has 1 amide bonds. The Bertz CT molecular complexity index is 530. The Hall–Kier alpha value is -1.84. The van der Waals surface area contributed by atoms with Crippen molar-refractivity contribution in [1.29, 1.82) is 0 Å². The second-order valence-corrected chi connectivity index (χ2v) is 5.52. The highest BCUT2D eigenvalue weighted by Gasteiger charge is 2.33. The van der Waals surface area contributed by atoms with Crippen molar-refractivity contribution >= 4 is 23.2 Å². The van der Waals surface area contributed by atoms with Crippen LogP contribution in [0.15, 0.2) is 10.4 Å². The Labute approximate surface area is 136 Å². The number of nitrogens with one attached hydrogen (secondary N) is 3. The van der Waals surface area contributed by atoms with Crippen LogP contribution in [0.4, 0.5) is 13.2 Å². The monoisotopic (exact) mass is 351 g/mol. The van der Waals surface area contributed by atoms with E-state index in [2.05, 4.69) is 25.9 Å². The maximum absolute atomic E-state index is 12.4. The Morgan fingerprint density at radius 1 is 1.30 bits per heavy atom. The number of aromatic nitrogens is 1. The quantitative estimate of drug-likeness (QED) is 0.513. The lowest BCUT2D eigenvalue weighted by molar-refractivity contribution is -0.140. The summed E-state index contributed by atoms with van der Waals surface area (Å²) in [6, 6.07) is 0. The third-order valence-electron chi connectivity index (χ3n) is 2.69. The van der Waals surface area contributed by atoms with E-state index in [0.29, 0.717) is 30.5 Å². The second-order valence-electron chi connectivity index (χ2n) is 4.58. The van der Waals surface area contributed by atoms with E-state index in [1.54, 1.807) is 7.05 Å². The summed E-state index contributed by atoms with van der Waals surface area (Å²) in [6.07, 6.45) is -3.22. The van der Waals surface area contributed by atoms with Gasteiger partial charge in [0.1, 0.15) is 0 Å². The average molecular weight is 351 g/mol. The van der Waals surface area contributed by atoms with Gasteiger partial charge in [0.25, 0.3) is 0 Å². The molecule has 0 bridgehead atoms. The van der Waals surface area contributed by atoms with Gasteiger partial charge in [0, 0.05) is 31.9 Å². The maximum atomic E-state index is 12.4. The highest BCUT2D eigenvalue weighted by Crippen LogP contribution is 2.29. The third-order valence-corrected chi connectivity index (χ3v) is 3.59. The minimum Gasteiger partial charge on any atom is -0.356 e. The van der Waals surface area contributed by atoms with Crippen LogP contribution in [0.2, 0.25) is 0 Å². The van der Waals surface area contributed by atoms with Crippen LogP contribution in [0.1, 0.15) is 24.0 Å². The highest BCUT2D eigenvalue weighted by molar-refractivity contribution is 7.09. The Balaban J connectivity index is 2.32. The number of hydrogen-bond acceptors (Lipinski definition) is 4. The summed E-state index contributed by atoms with van der Waals surface area (Å²) < 4.78 is 37.3. The van der Waals surface area contributed by atoms with E-state index in [-0.39, 0.29) is 12.5 Å². The van der Waals surface area contributed by atoms with E-state index < -0.39 is 11.9 Å². The average Bonchev–Trinajstić information content (AvgIpc) is 2.97. The fourth-order valence-corrected chi connectivity index (χ4v) is 2.36. The molecule has 0 unspecified atom stereocenters. The molecular weight excluding hydrogens is 331 g/mol. The molecule has 0 aliphatic rings. The summed E-state index contributed by atoms with van der Waals surface area (Å²) in [4.78, 5) is 18.9. The van der Waals surface area contributed by atoms with Gasteiger partial charge in [-0.05, 0) is 6.42 Å². The van der Waals surface area contributed by atoms with Crippen molar-refractivity contribution in [2.24, 2.45) is 4.99 Å². The first-order chi connectivity index (χ1) is 10.9. The van der Waals surface area contributed by atoms with Gasteiger partial charge in [0.15, 0.2) is 11.7 Å². The number of thiazole rings is 1. The van der Waals surface area contributed by atoms with Crippen LogP contribution in [-0.4, -0.2) is 43.5 Å². The third kappa shape index (κ3) is 7.31. The fraction of sp³-hybridized carbons (Fsp3) is 0.615. The molecule has 130 valence electrons. The van der Waals surface area contributed by atoms with Crippen LogP contribution in [0.3, 0.4) is 0 Å². The predicted octanol–water partition coefficient (Wildman–Crippen LogP) is 1.40. The predicted molar refractivity (Wildman–Crippen MR) is 83.5 cm³/mol. The minimum atomic E-state index is -4.41. The van der Waals surface area contributed by atoms with Gasteiger partial charge in [-0.3, -0.25) is 9.79 Å². The van der Waals surface area contributed by atoms with Gasteiger partial charge < -0.3 is 16.0 Å². The molecule has 6 nitrogen and oxygen atoms in total. The molecule has 0 aromatic carbocycles. The molecule has 1 aromatic rings. The van der Waals surface area contributed by atoms with E-state index in [4.69, 9.17) is 0 Å². The lowest BCUT2D eigenvalue weighted by Gasteiger charge is -2.11. The Kier molecular flexibility index (Phi) is 7.79. The van der Waals surface area contributed by atoms with Gasteiger partial charge >= 0.3 is 6.18 Å². The molecule has 0 spiro atoms. The SMILES string of the molecule is CCCNC(=O)CNC(=NC)NCCc1nc(C(F)(F)F)cs1. The minimum absolute atomic E-state index is 0.0785. The van der Waals surface area contributed by atoms with Crippen LogP contribution in [0.5, 0.6) is 0 Å². The van der Waals surface area contributed by atoms with E-state index in [9.17, 15) is 18.0 Å². The smallest absolute Gasteiger partial charge is 0.356 e. The summed E-state index contributed by atoms with van der Waals surface area (Å²) in [5.41, 5.74) is -0.868. The van der Waals surface area contributed by atoms with Crippen molar-refractivity contribution in [2.45, 2.75) is 25.9 Å². The summed E-state index contributed by atoms with van der Waals surface area (Å²) >= 11 is 0.968. The van der Waals surface area contributed by atoms with Crippen molar-refractivity contribution < 1.29 is 18.0 Å². The zero-order valence-electron chi connectivity index (χ0n) is 13.0. The Morgan fingerprint density at radius 2 is 2.04 bits per heavy atom. The van der Waals surface area contributed by atoms with Crippen LogP contribution in [0, 0.1) is 0 Å². The normalized spacial score (nSPS) is 12.1. The number of carbonyl (C=O) groups is 1. The van der Waals surface area contributed by atoms with Gasteiger partial charge in [-0.2, -0.15) is 13.2 Å². The maximum Gasteiger partial charge on any atom is 0.434 e. The number of alkyl halides is 3. The summed E-state index contributed by atoms with van der Waals surface area (Å²) in [5, 5.41) is 9.85. The van der Waals surface area contributed by atoms with E-state index in [1.165, 1.54) is 0 Å². The van der Waals surface area contributed by atoms with Crippen molar-refractivity contribution in [3.63, 3.8) is 0 Å². The molecule has 1 heterocycles. The van der Waals surface area contributed by atoms with Gasteiger partial charge in [0.2, 0.25) is 5.91 Å². The van der Waals surface area contributed by atoms with Gasteiger partial charge in [-0.1, -0.05) is 6.92 Å². The molecule has 23 heavy (non-hydrogen) atoms. The molecule has 0 saturated carbocycles. The van der Waals surface area contributed by atoms with Crippen LogP contribution in [-0.2, 0) is 17.4 Å². The van der Waals surface area contributed by atoms with Crippen LogP contribution < -0.4 is 16.0 Å². The van der Waals surface area contributed by atoms with Crippen LogP contribution in [0.25, 0.3) is 0 Å². The molecule has 0 fully saturated rings. The summed E-state index contributed by atoms with van der Waals surface area (Å²) in [6.45, 7) is 3.01. The van der Waals surface area contributed by atoms with E-state index in [1.807, 2.05) is 6.92 Å². The molecule has 0 saturated heterocycles.